The topological polar surface area (TPSA) is 58.2 Å². The lowest BCUT2D eigenvalue weighted by molar-refractivity contribution is -0.120. The fourth-order valence-electron chi connectivity index (χ4n) is 2.12. The minimum Gasteiger partial charge on any atom is -0.355 e. The third-order valence-electron chi connectivity index (χ3n) is 3.39. The van der Waals surface area contributed by atoms with Crippen molar-refractivity contribution in [2.45, 2.75) is 19.9 Å². The van der Waals surface area contributed by atoms with Crippen molar-refractivity contribution < 1.29 is 9.59 Å². The average molecular weight is 296 g/mol. The van der Waals surface area contributed by atoms with Crippen LogP contribution in [0.15, 0.2) is 48.5 Å². The smallest absolute Gasteiger partial charge is 0.251 e. The normalized spacial score (nSPS) is 10.1. The van der Waals surface area contributed by atoms with Crippen molar-refractivity contribution >= 4 is 11.8 Å². The number of hydrogen-bond donors (Lipinski definition) is 2. The van der Waals surface area contributed by atoms with Gasteiger partial charge in [-0.25, -0.2) is 0 Å². The van der Waals surface area contributed by atoms with Gasteiger partial charge in [-0.05, 0) is 30.2 Å². The lowest BCUT2D eigenvalue weighted by Crippen LogP contribution is -2.25. The Morgan fingerprint density at radius 2 is 1.73 bits per heavy atom. The van der Waals surface area contributed by atoms with Crippen LogP contribution in [0.1, 0.15) is 27.0 Å². The Hall–Kier alpha value is -2.62. The van der Waals surface area contributed by atoms with E-state index >= 15 is 0 Å². The Balaban J connectivity index is 1.91. The quantitative estimate of drug-likeness (QED) is 0.889. The molecule has 0 atom stereocenters. The molecule has 4 nitrogen and oxygen atoms in total. The SMILES string of the molecule is CNC(=O)c1cccc(CNC(=O)Cc2ccc(C)cc2)c1. The zero-order chi connectivity index (χ0) is 15.9. The molecule has 2 N–H and O–H groups in total. The van der Waals surface area contributed by atoms with Gasteiger partial charge in [0.25, 0.3) is 5.91 Å². The molecule has 0 saturated heterocycles. The van der Waals surface area contributed by atoms with Gasteiger partial charge in [0.1, 0.15) is 0 Å². The van der Waals surface area contributed by atoms with Crippen LogP contribution < -0.4 is 10.6 Å². The van der Waals surface area contributed by atoms with Crippen molar-refractivity contribution in [2.75, 3.05) is 7.05 Å². The van der Waals surface area contributed by atoms with E-state index in [2.05, 4.69) is 10.6 Å². The van der Waals surface area contributed by atoms with Crippen molar-refractivity contribution in [3.63, 3.8) is 0 Å². The first-order valence-electron chi connectivity index (χ1n) is 7.22. The first kappa shape index (κ1) is 15.8. The van der Waals surface area contributed by atoms with E-state index in [0.717, 1.165) is 11.1 Å². The number of hydrogen-bond acceptors (Lipinski definition) is 2. The highest BCUT2D eigenvalue weighted by Gasteiger charge is 2.06. The maximum absolute atomic E-state index is 12.0. The molecule has 2 aromatic rings. The summed E-state index contributed by atoms with van der Waals surface area (Å²) in [6.07, 6.45) is 0.357. The molecule has 0 heterocycles. The summed E-state index contributed by atoms with van der Waals surface area (Å²) in [7, 11) is 1.60. The van der Waals surface area contributed by atoms with Crippen LogP contribution in [0, 0.1) is 6.92 Å². The number of nitrogens with one attached hydrogen (secondary N) is 2. The first-order chi connectivity index (χ1) is 10.6. The third-order valence-corrected chi connectivity index (χ3v) is 3.39. The monoisotopic (exact) mass is 296 g/mol. The summed E-state index contributed by atoms with van der Waals surface area (Å²) in [6.45, 7) is 2.43. The minimum absolute atomic E-state index is 0.0331. The fourth-order valence-corrected chi connectivity index (χ4v) is 2.12. The number of carbonyl (C=O) groups is 2. The Morgan fingerprint density at radius 3 is 2.41 bits per heavy atom. The van der Waals surface area contributed by atoms with E-state index in [1.165, 1.54) is 5.56 Å². The van der Waals surface area contributed by atoms with Crippen LogP contribution in [0.2, 0.25) is 0 Å². The third kappa shape index (κ3) is 4.45. The van der Waals surface area contributed by atoms with Gasteiger partial charge < -0.3 is 10.6 Å². The van der Waals surface area contributed by atoms with E-state index in [9.17, 15) is 9.59 Å². The van der Waals surface area contributed by atoms with Crippen LogP contribution in [-0.2, 0) is 17.8 Å². The van der Waals surface area contributed by atoms with Crippen molar-refractivity contribution in [3.05, 3.63) is 70.8 Å². The van der Waals surface area contributed by atoms with Crippen LogP contribution >= 0.6 is 0 Å². The van der Waals surface area contributed by atoms with Crippen molar-refractivity contribution in [1.29, 1.82) is 0 Å². The molecular formula is C18H20N2O2. The Morgan fingerprint density at radius 1 is 1.00 bits per heavy atom. The molecule has 0 bridgehead atoms. The highest BCUT2D eigenvalue weighted by atomic mass is 16.2. The number of aryl methyl sites for hydroxylation is 1. The van der Waals surface area contributed by atoms with Gasteiger partial charge in [-0.2, -0.15) is 0 Å². The van der Waals surface area contributed by atoms with Gasteiger partial charge in [-0.1, -0.05) is 42.0 Å². The van der Waals surface area contributed by atoms with Gasteiger partial charge in [0.2, 0.25) is 5.91 Å². The van der Waals surface area contributed by atoms with Crippen molar-refractivity contribution in [2.24, 2.45) is 0 Å². The van der Waals surface area contributed by atoms with E-state index < -0.39 is 0 Å². The molecule has 0 unspecified atom stereocenters. The molecule has 2 rings (SSSR count). The summed E-state index contributed by atoms with van der Waals surface area (Å²) in [4.78, 5) is 23.5. The molecule has 2 aromatic carbocycles. The number of carbonyl (C=O) groups excluding carboxylic acids is 2. The maximum Gasteiger partial charge on any atom is 0.251 e. The van der Waals surface area contributed by atoms with E-state index in [1.807, 2.05) is 43.3 Å². The molecule has 22 heavy (non-hydrogen) atoms. The predicted octanol–water partition coefficient (Wildman–Crippen LogP) is 2.21. The summed E-state index contributed by atoms with van der Waals surface area (Å²) in [5.41, 5.74) is 3.66. The summed E-state index contributed by atoms with van der Waals surface area (Å²) in [6, 6.07) is 15.1. The predicted molar refractivity (Wildman–Crippen MR) is 86.6 cm³/mol. The van der Waals surface area contributed by atoms with Crippen LogP contribution in [-0.4, -0.2) is 18.9 Å². The average Bonchev–Trinajstić information content (AvgIpc) is 2.54. The molecule has 114 valence electrons. The molecule has 0 aromatic heterocycles. The van der Waals surface area contributed by atoms with E-state index in [1.54, 1.807) is 19.2 Å². The van der Waals surface area contributed by atoms with Crippen LogP contribution in [0.3, 0.4) is 0 Å². The molecule has 4 heteroatoms. The number of benzene rings is 2. The van der Waals surface area contributed by atoms with Crippen molar-refractivity contribution in [3.8, 4) is 0 Å². The van der Waals surface area contributed by atoms with E-state index in [4.69, 9.17) is 0 Å². The van der Waals surface area contributed by atoms with Crippen molar-refractivity contribution in [1.82, 2.24) is 10.6 Å². The lowest BCUT2D eigenvalue weighted by Gasteiger charge is -2.07. The lowest BCUT2D eigenvalue weighted by atomic mass is 10.1. The highest BCUT2D eigenvalue weighted by Crippen LogP contribution is 2.06. The molecule has 2 amide bonds. The largest absolute Gasteiger partial charge is 0.355 e. The fraction of sp³-hybridized carbons (Fsp3) is 0.222. The van der Waals surface area contributed by atoms with Gasteiger partial charge in [0.15, 0.2) is 0 Å². The summed E-state index contributed by atoms with van der Waals surface area (Å²) >= 11 is 0. The molecule has 0 aliphatic heterocycles. The Labute approximate surface area is 130 Å². The minimum atomic E-state index is -0.132. The van der Waals surface area contributed by atoms with Crippen LogP contribution in [0.5, 0.6) is 0 Å². The number of rotatable bonds is 5. The van der Waals surface area contributed by atoms with E-state index in [-0.39, 0.29) is 11.8 Å². The van der Waals surface area contributed by atoms with Gasteiger partial charge in [0, 0.05) is 19.2 Å². The molecule has 0 aliphatic rings. The molecule has 0 fully saturated rings. The van der Waals surface area contributed by atoms with Gasteiger partial charge in [0.05, 0.1) is 6.42 Å². The van der Waals surface area contributed by atoms with Gasteiger partial charge in [-0.3, -0.25) is 9.59 Å². The maximum atomic E-state index is 12.0. The second-order valence-electron chi connectivity index (χ2n) is 5.22. The Bertz CT molecular complexity index is 663. The standard InChI is InChI=1S/C18H20N2O2/c1-13-6-8-14(9-7-13)11-17(21)20-12-15-4-3-5-16(10-15)18(22)19-2/h3-10H,11-12H2,1-2H3,(H,19,22)(H,20,21). The van der Waals surface area contributed by atoms with Gasteiger partial charge >= 0.3 is 0 Å². The van der Waals surface area contributed by atoms with Crippen LogP contribution in [0.25, 0.3) is 0 Å². The molecule has 0 aliphatic carbocycles. The molecular weight excluding hydrogens is 276 g/mol. The summed E-state index contributed by atoms with van der Waals surface area (Å²) in [5, 5.41) is 5.46. The summed E-state index contributed by atoms with van der Waals surface area (Å²) in [5.74, 6) is -0.165. The Kier molecular flexibility index (Phi) is 5.31. The number of amides is 2. The first-order valence-corrected chi connectivity index (χ1v) is 7.22. The molecule has 0 saturated carbocycles. The molecule has 0 spiro atoms. The second-order valence-corrected chi connectivity index (χ2v) is 5.22. The highest BCUT2D eigenvalue weighted by molar-refractivity contribution is 5.94. The zero-order valence-corrected chi connectivity index (χ0v) is 12.8. The van der Waals surface area contributed by atoms with Gasteiger partial charge in [-0.15, -0.1) is 0 Å². The summed E-state index contributed by atoms with van der Waals surface area (Å²) < 4.78 is 0. The second kappa shape index (κ2) is 7.41. The van der Waals surface area contributed by atoms with E-state index in [0.29, 0.717) is 18.5 Å². The molecule has 0 radical (unpaired) electrons. The zero-order valence-electron chi connectivity index (χ0n) is 12.8. The van der Waals surface area contributed by atoms with Crippen LogP contribution in [0.4, 0.5) is 0 Å².